The van der Waals surface area contributed by atoms with Crippen molar-refractivity contribution in [3.63, 3.8) is 0 Å². The number of halogens is 2. The summed E-state index contributed by atoms with van der Waals surface area (Å²) in [6.07, 6.45) is -0.140. The predicted octanol–water partition coefficient (Wildman–Crippen LogP) is 3.48. The largest absolute Gasteiger partial charge is 0.459 e. The van der Waals surface area contributed by atoms with Crippen molar-refractivity contribution in [1.82, 2.24) is 0 Å². The second-order valence-corrected chi connectivity index (χ2v) is 8.02. The van der Waals surface area contributed by atoms with Crippen molar-refractivity contribution >= 4 is 29.2 Å². The molecule has 2 rings (SSSR count). The second-order valence-electron chi connectivity index (χ2n) is 7.18. The molecule has 1 saturated heterocycles. The first-order valence-corrected chi connectivity index (χ1v) is 9.62. The molecule has 1 heterocycles. The lowest BCUT2D eigenvalue weighted by atomic mass is 9.91. The summed E-state index contributed by atoms with van der Waals surface area (Å²) in [7, 11) is 0. The highest BCUT2D eigenvalue weighted by molar-refractivity contribution is 6.35. The van der Waals surface area contributed by atoms with Crippen LogP contribution in [0.1, 0.15) is 26.3 Å². The molecule has 0 bridgehead atoms. The van der Waals surface area contributed by atoms with Crippen LogP contribution < -0.4 is 5.73 Å². The van der Waals surface area contributed by atoms with Crippen molar-refractivity contribution in [3.8, 4) is 0 Å². The monoisotopic (exact) mass is 403 g/mol. The molecule has 1 aromatic rings. The Morgan fingerprint density at radius 3 is 2.69 bits per heavy atom. The van der Waals surface area contributed by atoms with Gasteiger partial charge in [-0.05, 0) is 37.0 Å². The highest BCUT2D eigenvalue weighted by Gasteiger charge is 2.34. The molecule has 0 radical (unpaired) electrons. The van der Waals surface area contributed by atoms with Gasteiger partial charge in [0.1, 0.15) is 12.1 Å². The Morgan fingerprint density at radius 1 is 1.31 bits per heavy atom. The van der Waals surface area contributed by atoms with Gasteiger partial charge in [0, 0.05) is 22.6 Å². The number of carbonyl (C=O) groups is 1. The fourth-order valence-corrected chi connectivity index (χ4v) is 3.44. The molecular weight excluding hydrogens is 377 g/mol. The Bertz CT molecular complexity index is 611. The van der Waals surface area contributed by atoms with E-state index in [1.807, 2.05) is 19.1 Å². The number of cyclic esters (lactones) is 1. The van der Waals surface area contributed by atoms with Crippen LogP contribution in [0.5, 0.6) is 0 Å². The second kappa shape index (κ2) is 9.90. The van der Waals surface area contributed by atoms with E-state index >= 15 is 0 Å². The highest BCUT2D eigenvalue weighted by Crippen LogP contribution is 2.28. The van der Waals surface area contributed by atoms with Crippen molar-refractivity contribution in [2.75, 3.05) is 19.8 Å². The van der Waals surface area contributed by atoms with E-state index in [2.05, 4.69) is 13.8 Å². The average Bonchev–Trinajstić information content (AvgIpc) is 2.60. The minimum absolute atomic E-state index is 0.0412. The van der Waals surface area contributed by atoms with Crippen LogP contribution in [0.4, 0.5) is 0 Å². The third kappa shape index (κ3) is 6.10. The lowest BCUT2D eigenvalue weighted by Crippen LogP contribution is -2.42. The molecule has 0 saturated carbocycles. The summed E-state index contributed by atoms with van der Waals surface area (Å²) in [4.78, 5) is 12.1. The number of esters is 1. The summed E-state index contributed by atoms with van der Waals surface area (Å²) in [5.41, 5.74) is 6.76. The van der Waals surface area contributed by atoms with Crippen LogP contribution >= 0.6 is 23.2 Å². The molecule has 1 fully saturated rings. The van der Waals surface area contributed by atoms with Gasteiger partial charge in [-0.15, -0.1) is 0 Å². The van der Waals surface area contributed by atoms with Gasteiger partial charge < -0.3 is 19.9 Å². The van der Waals surface area contributed by atoms with Crippen molar-refractivity contribution in [2.24, 2.45) is 17.6 Å². The zero-order valence-corrected chi connectivity index (χ0v) is 16.9. The van der Waals surface area contributed by atoms with E-state index in [0.717, 1.165) is 5.56 Å². The first kappa shape index (κ1) is 21.5. The summed E-state index contributed by atoms with van der Waals surface area (Å²) in [6.45, 7) is 7.05. The molecule has 26 heavy (non-hydrogen) atoms. The van der Waals surface area contributed by atoms with Crippen molar-refractivity contribution in [2.45, 2.75) is 45.4 Å². The Balaban J connectivity index is 2.24. The quantitative estimate of drug-likeness (QED) is 0.761. The SMILES string of the molecule is CC(C)CO[C@@H]1[C@@H](Cc2ccc(Cl)cc2Cl)COC[C@H](N)C(=O)O[C@H]1C. The maximum atomic E-state index is 12.1. The smallest absolute Gasteiger partial charge is 0.325 e. The molecule has 0 aliphatic carbocycles. The molecule has 1 aliphatic rings. The average molecular weight is 404 g/mol. The van der Waals surface area contributed by atoms with Gasteiger partial charge >= 0.3 is 5.97 Å². The molecule has 5 nitrogen and oxygen atoms in total. The maximum absolute atomic E-state index is 12.1. The van der Waals surface area contributed by atoms with E-state index in [4.69, 9.17) is 43.1 Å². The zero-order chi connectivity index (χ0) is 19.3. The third-order valence-electron chi connectivity index (χ3n) is 4.28. The zero-order valence-electron chi connectivity index (χ0n) is 15.4. The fraction of sp³-hybridized carbons (Fsp3) is 0.632. The molecule has 0 unspecified atom stereocenters. The van der Waals surface area contributed by atoms with Gasteiger partial charge in [0.05, 0.1) is 19.3 Å². The standard InChI is InChI=1S/C19H27Cl2NO4/c1-11(2)8-25-18-12(3)26-19(23)17(22)10-24-9-14(18)6-13-4-5-15(20)7-16(13)21/h4-5,7,11-12,14,17-18H,6,8-10,22H2,1-3H3/t12-,14-,17-,18-/m0/s1. The molecule has 1 aromatic carbocycles. The van der Waals surface area contributed by atoms with Crippen LogP contribution in [-0.2, 0) is 25.4 Å². The van der Waals surface area contributed by atoms with E-state index in [0.29, 0.717) is 35.6 Å². The van der Waals surface area contributed by atoms with Crippen LogP contribution in [-0.4, -0.2) is 44.0 Å². The molecule has 7 heteroatoms. The molecule has 0 amide bonds. The summed E-state index contributed by atoms with van der Waals surface area (Å²) in [6, 6.07) is 4.64. The van der Waals surface area contributed by atoms with Crippen LogP contribution in [0.3, 0.4) is 0 Å². The summed E-state index contributed by atoms with van der Waals surface area (Å²) >= 11 is 12.3. The van der Waals surface area contributed by atoms with Crippen LogP contribution in [0, 0.1) is 11.8 Å². The summed E-state index contributed by atoms with van der Waals surface area (Å²) in [5.74, 6) is -0.158. The van der Waals surface area contributed by atoms with Crippen LogP contribution in [0.15, 0.2) is 18.2 Å². The number of nitrogens with two attached hydrogens (primary N) is 1. The Morgan fingerprint density at radius 2 is 2.04 bits per heavy atom. The number of hydrogen-bond donors (Lipinski definition) is 1. The number of carbonyl (C=O) groups excluding carboxylic acids is 1. The van der Waals surface area contributed by atoms with Crippen LogP contribution in [0.2, 0.25) is 10.0 Å². The first-order chi connectivity index (χ1) is 12.3. The number of rotatable bonds is 5. The van der Waals surface area contributed by atoms with Gasteiger partial charge in [0.25, 0.3) is 0 Å². The van der Waals surface area contributed by atoms with Crippen LogP contribution in [0.25, 0.3) is 0 Å². The van der Waals surface area contributed by atoms with Gasteiger partial charge in [-0.3, -0.25) is 4.79 Å². The first-order valence-electron chi connectivity index (χ1n) is 8.87. The number of ether oxygens (including phenoxy) is 3. The van der Waals surface area contributed by atoms with E-state index in [1.54, 1.807) is 6.07 Å². The fourth-order valence-electron chi connectivity index (χ4n) is 2.95. The topological polar surface area (TPSA) is 70.8 Å². The molecule has 0 aromatic heterocycles. The number of benzene rings is 1. The number of hydrogen-bond acceptors (Lipinski definition) is 5. The normalized spacial score (nSPS) is 27.6. The Kier molecular flexibility index (Phi) is 8.17. The van der Waals surface area contributed by atoms with E-state index in [9.17, 15) is 4.79 Å². The molecule has 1 aliphatic heterocycles. The van der Waals surface area contributed by atoms with Crippen molar-refractivity contribution in [3.05, 3.63) is 33.8 Å². The van der Waals surface area contributed by atoms with E-state index in [-0.39, 0.29) is 18.6 Å². The summed E-state index contributed by atoms with van der Waals surface area (Å²) in [5, 5.41) is 1.19. The minimum atomic E-state index is -0.791. The van der Waals surface area contributed by atoms with Crippen molar-refractivity contribution < 1.29 is 19.0 Å². The Hall–Kier alpha value is -0.850. The van der Waals surface area contributed by atoms with Crippen molar-refractivity contribution in [1.29, 1.82) is 0 Å². The molecule has 4 atom stereocenters. The predicted molar refractivity (Wildman–Crippen MR) is 103 cm³/mol. The van der Waals surface area contributed by atoms with E-state index < -0.39 is 18.1 Å². The minimum Gasteiger partial charge on any atom is -0.459 e. The van der Waals surface area contributed by atoms with Gasteiger partial charge in [-0.25, -0.2) is 0 Å². The van der Waals surface area contributed by atoms with Gasteiger partial charge in [-0.2, -0.15) is 0 Å². The van der Waals surface area contributed by atoms with Gasteiger partial charge in [0.15, 0.2) is 0 Å². The van der Waals surface area contributed by atoms with Gasteiger partial charge in [-0.1, -0.05) is 43.1 Å². The summed E-state index contributed by atoms with van der Waals surface area (Å²) < 4.78 is 17.3. The highest BCUT2D eigenvalue weighted by atomic mass is 35.5. The van der Waals surface area contributed by atoms with E-state index in [1.165, 1.54) is 0 Å². The molecular formula is C19H27Cl2NO4. The lowest BCUT2D eigenvalue weighted by molar-refractivity contribution is -0.160. The third-order valence-corrected chi connectivity index (χ3v) is 4.87. The Labute approximate surface area is 165 Å². The lowest BCUT2D eigenvalue weighted by Gasteiger charge is -2.31. The molecule has 146 valence electrons. The molecule has 0 spiro atoms. The molecule has 2 N–H and O–H groups in total. The maximum Gasteiger partial charge on any atom is 0.325 e. The van der Waals surface area contributed by atoms with Gasteiger partial charge in [0.2, 0.25) is 0 Å².